The zero-order valence-corrected chi connectivity index (χ0v) is 13.8. The molecule has 2 saturated heterocycles. The molecular weight excluding hydrogens is 315 g/mol. The third-order valence-electron chi connectivity index (χ3n) is 4.56. The van der Waals surface area contributed by atoms with Gasteiger partial charge in [-0.15, -0.1) is 11.3 Å². The van der Waals surface area contributed by atoms with Crippen molar-refractivity contribution in [3.8, 4) is 0 Å². The first-order chi connectivity index (χ1) is 9.54. The Balaban J connectivity index is 1.66. The van der Waals surface area contributed by atoms with E-state index in [1.807, 2.05) is 0 Å². The summed E-state index contributed by atoms with van der Waals surface area (Å²) in [7, 11) is 2.21. The molecule has 0 spiro atoms. The normalized spacial score (nSPS) is 27.8. The third kappa shape index (κ3) is 2.90. The Morgan fingerprint density at radius 2 is 2.10 bits per heavy atom. The van der Waals surface area contributed by atoms with Gasteiger partial charge in [-0.05, 0) is 32.4 Å². The summed E-state index contributed by atoms with van der Waals surface area (Å²) in [5.74, 6) is 0.0820. The molecule has 0 aliphatic carbocycles. The average Bonchev–Trinajstić information content (AvgIpc) is 2.83. The van der Waals surface area contributed by atoms with Crippen molar-refractivity contribution in [3.63, 3.8) is 0 Å². The quantitative estimate of drug-likeness (QED) is 0.792. The van der Waals surface area contributed by atoms with Gasteiger partial charge in [-0.2, -0.15) is 0 Å². The van der Waals surface area contributed by atoms with Crippen molar-refractivity contribution in [3.05, 3.63) is 20.3 Å². The number of Topliss-reactive ketones (excluding diaryl/α,β-unsaturated/α-hetero) is 1. The summed E-state index contributed by atoms with van der Waals surface area (Å²) in [5.41, 5.74) is 0.574. The third-order valence-corrected chi connectivity index (χ3v) is 6.04. The van der Waals surface area contributed by atoms with Crippen molar-refractivity contribution in [2.75, 3.05) is 26.7 Å². The van der Waals surface area contributed by atoms with E-state index in [1.54, 1.807) is 6.07 Å². The van der Waals surface area contributed by atoms with Crippen LogP contribution in [0.2, 0.25) is 8.67 Å². The number of rotatable bonds is 3. The molecule has 1 aromatic rings. The molecule has 2 aliphatic heterocycles. The van der Waals surface area contributed by atoms with Crippen LogP contribution < -0.4 is 0 Å². The Morgan fingerprint density at radius 3 is 2.80 bits per heavy atom. The number of ketones is 1. The standard InChI is InChI=1S/C14H18Cl2N2OS/c1-17-9-2-3-10(17)7-18(5-4-9)8-12(19)11-6-13(15)20-14(11)16/h6,9-10H,2-5,7-8H2,1H3. The van der Waals surface area contributed by atoms with Gasteiger partial charge in [0.05, 0.1) is 16.4 Å². The monoisotopic (exact) mass is 332 g/mol. The van der Waals surface area contributed by atoms with Crippen LogP contribution >= 0.6 is 34.5 Å². The second-order valence-electron chi connectivity index (χ2n) is 5.74. The Bertz CT molecular complexity index is 519. The highest BCUT2D eigenvalue weighted by Crippen LogP contribution is 2.32. The first-order valence-corrected chi connectivity index (χ1v) is 8.54. The van der Waals surface area contributed by atoms with E-state index in [0.29, 0.717) is 32.9 Å². The van der Waals surface area contributed by atoms with E-state index in [0.717, 1.165) is 19.5 Å². The van der Waals surface area contributed by atoms with Crippen molar-refractivity contribution in [1.29, 1.82) is 0 Å². The Kier molecular flexibility index (Phi) is 4.39. The van der Waals surface area contributed by atoms with E-state index in [9.17, 15) is 4.79 Å². The molecule has 2 unspecified atom stereocenters. The number of carbonyl (C=O) groups is 1. The van der Waals surface area contributed by atoms with Crippen LogP contribution in [0.5, 0.6) is 0 Å². The van der Waals surface area contributed by atoms with Crippen molar-refractivity contribution in [2.24, 2.45) is 0 Å². The van der Waals surface area contributed by atoms with Gasteiger partial charge in [0.2, 0.25) is 0 Å². The number of likely N-dealkylation sites (tertiary alicyclic amines) is 1. The maximum absolute atomic E-state index is 12.4. The highest BCUT2D eigenvalue weighted by atomic mass is 35.5. The lowest BCUT2D eigenvalue weighted by Gasteiger charge is -2.25. The first-order valence-electron chi connectivity index (χ1n) is 6.97. The lowest BCUT2D eigenvalue weighted by atomic mass is 10.1. The van der Waals surface area contributed by atoms with Crippen molar-refractivity contribution in [2.45, 2.75) is 31.3 Å². The molecule has 2 atom stereocenters. The lowest BCUT2D eigenvalue weighted by molar-refractivity contribution is 0.0924. The second-order valence-corrected chi connectivity index (χ2v) is 8.02. The van der Waals surface area contributed by atoms with Crippen LogP contribution in [0, 0.1) is 0 Å². The van der Waals surface area contributed by atoms with Gasteiger partial charge in [-0.25, -0.2) is 0 Å². The van der Waals surface area contributed by atoms with Crippen LogP contribution in [0.15, 0.2) is 6.07 Å². The zero-order valence-electron chi connectivity index (χ0n) is 11.4. The van der Waals surface area contributed by atoms with Gasteiger partial charge in [-0.1, -0.05) is 23.2 Å². The van der Waals surface area contributed by atoms with E-state index in [-0.39, 0.29) is 5.78 Å². The molecule has 2 bridgehead atoms. The summed E-state index contributed by atoms with van der Waals surface area (Å²) in [5, 5.41) is 0. The van der Waals surface area contributed by atoms with Gasteiger partial charge >= 0.3 is 0 Å². The molecule has 3 heterocycles. The summed E-state index contributed by atoms with van der Waals surface area (Å²) in [6, 6.07) is 2.98. The van der Waals surface area contributed by atoms with Crippen LogP contribution in [0.25, 0.3) is 0 Å². The molecule has 0 aromatic carbocycles. The van der Waals surface area contributed by atoms with E-state index >= 15 is 0 Å². The molecule has 1 aromatic heterocycles. The molecule has 0 radical (unpaired) electrons. The highest BCUT2D eigenvalue weighted by Gasteiger charge is 2.35. The molecule has 2 aliphatic rings. The van der Waals surface area contributed by atoms with Gasteiger partial charge in [-0.3, -0.25) is 14.6 Å². The molecule has 0 saturated carbocycles. The van der Waals surface area contributed by atoms with Crippen LogP contribution in [-0.4, -0.2) is 54.3 Å². The number of fused-ring (bicyclic) bond motifs is 2. The highest BCUT2D eigenvalue weighted by molar-refractivity contribution is 7.20. The number of hydrogen-bond donors (Lipinski definition) is 0. The minimum Gasteiger partial charge on any atom is -0.299 e. The minimum atomic E-state index is 0.0820. The lowest BCUT2D eigenvalue weighted by Crippen LogP contribution is -2.38. The van der Waals surface area contributed by atoms with Crippen molar-refractivity contribution in [1.82, 2.24) is 9.80 Å². The second kappa shape index (κ2) is 5.93. The van der Waals surface area contributed by atoms with Gasteiger partial charge < -0.3 is 0 Å². The van der Waals surface area contributed by atoms with E-state index in [4.69, 9.17) is 23.2 Å². The zero-order chi connectivity index (χ0) is 14.3. The first kappa shape index (κ1) is 14.8. The summed E-state index contributed by atoms with van der Waals surface area (Å²) in [6.07, 6.45) is 3.70. The Morgan fingerprint density at radius 1 is 1.35 bits per heavy atom. The SMILES string of the molecule is CN1C2CCC1CN(CC(=O)c1cc(Cl)sc1Cl)CC2. The molecule has 3 rings (SSSR count). The molecule has 6 heteroatoms. The van der Waals surface area contributed by atoms with E-state index in [2.05, 4.69) is 16.8 Å². The number of hydrogen-bond acceptors (Lipinski definition) is 4. The van der Waals surface area contributed by atoms with Crippen LogP contribution in [0.1, 0.15) is 29.6 Å². The fraction of sp³-hybridized carbons (Fsp3) is 0.643. The van der Waals surface area contributed by atoms with E-state index in [1.165, 1.54) is 24.2 Å². The Hall–Kier alpha value is -0.130. The molecular formula is C14H18Cl2N2OS. The van der Waals surface area contributed by atoms with Gasteiger partial charge in [0.15, 0.2) is 5.78 Å². The summed E-state index contributed by atoms with van der Waals surface area (Å²) in [4.78, 5) is 17.1. The fourth-order valence-corrected chi connectivity index (χ4v) is 4.84. The van der Waals surface area contributed by atoms with Crippen molar-refractivity contribution < 1.29 is 4.79 Å². The van der Waals surface area contributed by atoms with E-state index < -0.39 is 0 Å². The smallest absolute Gasteiger partial charge is 0.179 e. The van der Waals surface area contributed by atoms with Gasteiger partial charge in [0, 0.05) is 25.2 Å². The summed E-state index contributed by atoms with van der Waals surface area (Å²) in [6.45, 7) is 2.42. The topological polar surface area (TPSA) is 23.6 Å². The molecule has 110 valence electrons. The van der Waals surface area contributed by atoms with Crippen LogP contribution in [0.3, 0.4) is 0 Å². The predicted molar refractivity (Wildman–Crippen MR) is 84.3 cm³/mol. The summed E-state index contributed by atoms with van der Waals surface area (Å²) < 4.78 is 1.08. The fourth-order valence-electron chi connectivity index (χ4n) is 3.34. The van der Waals surface area contributed by atoms with Crippen molar-refractivity contribution >= 4 is 40.3 Å². The maximum Gasteiger partial charge on any atom is 0.179 e. The predicted octanol–water partition coefficient (Wildman–Crippen LogP) is 3.41. The minimum absolute atomic E-state index is 0.0820. The van der Waals surface area contributed by atoms with Gasteiger partial charge in [0.25, 0.3) is 0 Å². The molecule has 20 heavy (non-hydrogen) atoms. The Labute approximate surface area is 133 Å². The molecule has 3 nitrogen and oxygen atoms in total. The number of likely N-dealkylation sites (N-methyl/N-ethyl adjacent to an activating group) is 1. The number of halogens is 2. The molecule has 2 fully saturated rings. The summed E-state index contributed by atoms with van der Waals surface area (Å²) >= 11 is 13.2. The number of thiophene rings is 1. The molecule has 0 N–H and O–H groups in total. The van der Waals surface area contributed by atoms with Crippen LogP contribution in [-0.2, 0) is 0 Å². The number of nitrogens with zero attached hydrogens (tertiary/aromatic N) is 2. The van der Waals surface area contributed by atoms with Gasteiger partial charge in [0.1, 0.15) is 4.34 Å². The maximum atomic E-state index is 12.4. The largest absolute Gasteiger partial charge is 0.299 e. The average molecular weight is 333 g/mol. The number of carbonyl (C=O) groups excluding carboxylic acids is 1. The van der Waals surface area contributed by atoms with Crippen LogP contribution in [0.4, 0.5) is 0 Å². The molecule has 0 amide bonds.